The number of fused-ring (bicyclic) bond motifs is 1. The molecule has 2 N–H and O–H groups in total. The zero-order valence-electron chi connectivity index (χ0n) is 25.8. The molecule has 0 atom stereocenters. The first-order chi connectivity index (χ1) is 22.2. The van der Waals surface area contributed by atoms with Crippen LogP contribution in [0.1, 0.15) is 21.6 Å². The van der Waals surface area contributed by atoms with Gasteiger partial charge in [-0.25, -0.2) is 17.2 Å². The van der Waals surface area contributed by atoms with Crippen LogP contribution in [0.25, 0.3) is 0 Å². The number of alkyl halides is 3. The molecule has 262 valence electrons. The molecule has 1 saturated heterocycles. The van der Waals surface area contributed by atoms with Crippen molar-refractivity contribution in [3.8, 4) is 0 Å². The number of likely N-dealkylation sites (N-methyl/N-ethyl adjacent to an activating group) is 1. The fraction of sp³-hybridized carbons (Fsp3) is 0.414. The minimum Gasteiger partial charge on any atom is -0.383 e. The van der Waals surface area contributed by atoms with Crippen molar-refractivity contribution in [2.75, 3.05) is 75.1 Å². The molecular formula is C29H33ClF5N7O5S. The average Bonchev–Trinajstić information content (AvgIpc) is 3.42. The number of benzene rings is 2. The highest BCUT2D eigenvalue weighted by Crippen LogP contribution is 2.33. The molecule has 2 amide bonds. The van der Waals surface area contributed by atoms with Gasteiger partial charge in [0.1, 0.15) is 11.6 Å². The van der Waals surface area contributed by atoms with Crippen LogP contribution in [0.3, 0.4) is 0 Å². The summed E-state index contributed by atoms with van der Waals surface area (Å²) in [5.41, 5.74) is 0.665. The molecular weight excluding hydrogens is 689 g/mol. The van der Waals surface area contributed by atoms with Crippen LogP contribution in [-0.2, 0) is 32.5 Å². The van der Waals surface area contributed by atoms with Crippen molar-refractivity contribution in [1.82, 2.24) is 19.4 Å². The first-order valence-corrected chi connectivity index (χ1v) is 15.9. The Morgan fingerprint density at radius 2 is 1.71 bits per heavy atom. The van der Waals surface area contributed by atoms with Crippen LogP contribution in [0.2, 0.25) is 0 Å². The van der Waals surface area contributed by atoms with Crippen molar-refractivity contribution < 1.29 is 44.7 Å². The Morgan fingerprint density at radius 1 is 1.04 bits per heavy atom. The number of hydrogen-bond acceptors (Lipinski definition) is 8. The molecule has 0 bridgehead atoms. The summed E-state index contributed by atoms with van der Waals surface area (Å²) in [6, 6.07) is 6.17. The van der Waals surface area contributed by atoms with E-state index in [9.17, 15) is 40.0 Å². The van der Waals surface area contributed by atoms with Gasteiger partial charge in [-0.15, -0.1) is 12.4 Å². The van der Waals surface area contributed by atoms with E-state index in [0.29, 0.717) is 60.7 Å². The van der Waals surface area contributed by atoms with Gasteiger partial charge in [0.15, 0.2) is 5.82 Å². The molecule has 1 aromatic heterocycles. The normalized spacial score (nSPS) is 15.9. The van der Waals surface area contributed by atoms with E-state index >= 15 is 0 Å². The summed E-state index contributed by atoms with van der Waals surface area (Å²) < 4.78 is 101. The van der Waals surface area contributed by atoms with E-state index in [1.807, 2.05) is 11.9 Å². The number of aromatic nitrogens is 2. The van der Waals surface area contributed by atoms with E-state index in [-0.39, 0.29) is 61.2 Å². The van der Waals surface area contributed by atoms with E-state index in [2.05, 4.69) is 20.4 Å². The minimum absolute atomic E-state index is 0. The maximum Gasteiger partial charge on any atom is 0.471 e. The van der Waals surface area contributed by atoms with E-state index in [1.54, 1.807) is 6.07 Å². The third-order valence-electron chi connectivity index (χ3n) is 8.00. The molecule has 0 unspecified atom stereocenters. The number of methoxy groups -OCH3 is 1. The van der Waals surface area contributed by atoms with Gasteiger partial charge >= 0.3 is 12.1 Å². The summed E-state index contributed by atoms with van der Waals surface area (Å²) in [7, 11) is -1.16. The Bertz CT molecular complexity index is 1750. The van der Waals surface area contributed by atoms with Crippen LogP contribution in [0, 0.1) is 11.6 Å². The summed E-state index contributed by atoms with van der Waals surface area (Å²) in [5, 5.41) is 9.35. The third-order valence-corrected chi connectivity index (χ3v) is 9.82. The number of H-pyrrole nitrogens is 1. The van der Waals surface area contributed by atoms with Gasteiger partial charge < -0.3 is 24.8 Å². The highest BCUT2D eigenvalue weighted by molar-refractivity contribution is 7.89. The molecule has 3 aromatic rings. The van der Waals surface area contributed by atoms with Crippen LogP contribution >= 0.6 is 12.4 Å². The van der Waals surface area contributed by atoms with Gasteiger partial charge in [0.25, 0.3) is 5.91 Å². The standard InChI is InChI=1S/C29H32F5N7O5S.ClH/c1-38-7-9-39(10-8-38)20-3-4-22(25(16-20)41(11-12-46-2)28(43)29(32,33)34)27(42)35-26-23-17-40(6-5-24(23)36-37-26)47(44,45)21-14-18(30)13-19(31)15-21;/h3-4,13-16H,5-12,17H2,1-2H3,(H2,35,36,37,42);1H. The van der Waals surface area contributed by atoms with Gasteiger partial charge in [0.2, 0.25) is 10.0 Å². The molecule has 2 aliphatic rings. The lowest BCUT2D eigenvalue weighted by molar-refractivity contribution is -0.170. The molecule has 5 rings (SSSR count). The number of carbonyl (C=O) groups excluding carboxylic acids is 2. The smallest absolute Gasteiger partial charge is 0.383 e. The SMILES string of the molecule is COCCN(C(=O)C(F)(F)F)c1cc(N2CCN(C)CC2)ccc1C(=O)Nc1n[nH]c2c1CN(S(=O)(=O)c1cc(F)cc(F)c1)CC2.Cl. The van der Waals surface area contributed by atoms with Gasteiger partial charge in [-0.05, 0) is 37.4 Å². The number of halogens is 6. The highest BCUT2D eigenvalue weighted by Gasteiger charge is 2.44. The molecule has 0 spiro atoms. The Hall–Kier alpha value is -3.84. The summed E-state index contributed by atoms with van der Waals surface area (Å²) in [6.45, 7) is 1.36. The number of hydrogen-bond donors (Lipinski definition) is 2. The van der Waals surface area contributed by atoms with Crippen molar-refractivity contribution in [1.29, 1.82) is 0 Å². The monoisotopic (exact) mass is 721 g/mol. The minimum atomic E-state index is -5.26. The predicted molar refractivity (Wildman–Crippen MR) is 168 cm³/mol. The zero-order valence-corrected chi connectivity index (χ0v) is 27.4. The molecule has 2 aliphatic heterocycles. The van der Waals surface area contributed by atoms with Crippen molar-refractivity contribution in [3.05, 3.63) is 64.9 Å². The molecule has 1 fully saturated rings. The van der Waals surface area contributed by atoms with E-state index < -0.39 is 51.1 Å². The molecule has 48 heavy (non-hydrogen) atoms. The van der Waals surface area contributed by atoms with Crippen LogP contribution in [0.15, 0.2) is 41.3 Å². The fourth-order valence-corrected chi connectivity index (χ4v) is 6.90. The number of rotatable bonds is 9. The van der Waals surface area contributed by atoms with Crippen LogP contribution < -0.4 is 15.1 Å². The van der Waals surface area contributed by atoms with Crippen LogP contribution in [-0.4, -0.2) is 106 Å². The quantitative estimate of drug-likeness (QED) is 0.322. The molecule has 0 saturated carbocycles. The molecule has 0 aliphatic carbocycles. The first-order valence-electron chi connectivity index (χ1n) is 14.5. The van der Waals surface area contributed by atoms with Crippen molar-refractivity contribution in [3.63, 3.8) is 0 Å². The molecule has 3 heterocycles. The van der Waals surface area contributed by atoms with E-state index in [4.69, 9.17) is 4.74 Å². The Kier molecular flexibility index (Phi) is 11.4. The summed E-state index contributed by atoms with van der Waals surface area (Å²) in [6.07, 6.45) is -5.14. The molecule has 12 nitrogen and oxygen atoms in total. The Morgan fingerprint density at radius 3 is 2.33 bits per heavy atom. The number of sulfonamides is 1. The summed E-state index contributed by atoms with van der Waals surface area (Å²) in [4.78, 5) is 30.2. The second-order valence-corrected chi connectivity index (χ2v) is 13.1. The lowest BCUT2D eigenvalue weighted by Crippen LogP contribution is -2.45. The molecule has 0 radical (unpaired) electrons. The zero-order chi connectivity index (χ0) is 34.1. The number of anilines is 3. The predicted octanol–water partition coefficient (Wildman–Crippen LogP) is 3.40. The van der Waals surface area contributed by atoms with Crippen LogP contribution in [0.4, 0.5) is 39.1 Å². The maximum atomic E-state index is 13.8. The largest absolute Gasteiger partial charge is 0.471 e. The lowest BCUT2D eigenvalue weighted by Gasteiger charge is -2.35. The fourth-order valence-electron chi connectivity index (χ4n) is 5.44. The maximum absolute atomic E-state index is 13.8. The Labute approximate surface area is 279 Å². The number of amides is 2. The summed E-state index contributed by atoms with van der Waals surface area (Å²) >= 11 is 0. The average molecular weight is 722 g/mol. The van der Waals surface area contributed by atoms with E-state index in [1.165, 1.54) is 19.2 Å². The lowest BCUT2D eigenvalue weighted by atomic mass is 10.1. The second kappa shape index (κ2) is 14.7. The van der Waals surface area contributed by atoms with Gasteiger partial charge in [0, 0.05) is 82.4 Å². The number of nitrogens with zero attached hydrogens (tertiary/aromatic N) is 5. The van der Waals surface area contributed by atoms with Crippen molar-refractivity contribution >= 4 is 51.4 Å². The topological polar surface area (TPSA) is 131 Å². The van der Waals surface area contributed by atoms with Gasteiger partial charge in [-0.3, -0.25) is 14.7 Å². The van der Waals surface area contributed by atoms with Crippen LogP contribution in [0.5, 0.6) is 0 Å². The van der Waals surface area contributed by atoms with Gasteiger partial charge in [-0.1, -0.05) is 0 Å². The van der Waals surface area contributed by atoms with Crippen molar-refractivity contribution in [2.45, 2.75) is 24.0 Å². The third kappa shape index (κ3) is 7.89. The first kappa shape index (κ1) is 37.0. The Balaban J connectivity index is 0.00000520. The van der Waals surface area contributed by atoms with E-state index in [0.717, 1.165) is 4.31 Å². The molecule has 19 heteroatoms. The number of ether oxygens (including phenoxy) is 1. The van der Waals surface area contributed by atoms with Gasteiger partial charge in [-0.2, -0.15) is 22.6 Å². The second-order valence-electron chi connectivity index (χ2n) is 11.1. The number of piperazine rings is 1. The number of aromatic amines is 1. The van der Waals surface area contributed by atoms with Gasteiger partial charge in [0.05, 0.1) is 22.8 Å². The van der Waals surface area contributed by atoms with Crippen molar-refractivity contribution in [2.24, 2.45) is 0 Å². The number of carbonyl (C=O) groups is 2. The summed E-state index contributed by atoms with van der Waals surface area (Å²) in [5.74, 6) is -5.35. The highest BCUT2D eigenvalue weighted by atomic mass is 35.5. The number of nitrogens with one attached hydrogen (secondary N) is 2. The molecule has 2 aromatic carbocycles.